The van der Waals surface area contributed by atoms with Gasteiger partial charge in [0.1, 0.15) is 30.2 Å². The molecule has 1 aromatic carbocycles. The van der Waals surface area contributed by atoms with Gasteiger partial charge in [0.05, 0.1) is 26.2 Å². The summed E-state index contributed by atoms with van der Waals surface area (Å²) in [6.45, 7) is 3.07. The summed E-state index contributed by atoms with van der Waals surface area (Å²) in [5, 5.41) is 1.22. The Balaban J connectivity index is 1.46. The van der Waals surface area contributed by atoms with Gasteiger partial charge < -0.3 is 23.9 Å². The summed E-state index contributed by atoms with van der Waals surface area (Å²) in [6.07, 6.45) is 0.774. The van der Waals surface area contributed by atoms with Crippen LogP contribution >= 0.6 is 0 Å². The lowest BCUT2D eigenvalue weighted by Gasteiger charge is -2.52. The lowest BCUT2D eigenvalue weighted by atomic mass is 9.63. The van der Waals surface area contributed by atoms with Gasteiger partial charge in [-0.05, 0) is 55.7 Å². The maximum Gasteiger partial charge on any atom is 0.313 e. The van der Waals surface area contributed by atoms with Crippen LogP contribution in [0.15, 0.2) is 18.2 Å². The Kier molecular flexibility index (Phi) is 6.78. The minimum atomic E-state index is -0.629. The number of piperidine rings is 1. The number of methoxy groups -OCH3 is 3. The highest BCUT2D eigenvalue weighted by Crippen LogP contribution is 2.50. The first-order valence-corrected chi connectivity index (χ1v) is 12.6. The van der Waals surface area contributed by atoms with Gasteiger partial charge in [-0.15, -0.1) is 0 Å². The molecule has 5 rings (SSSR count). The molecule has 0 spiro atoms. The Labute approximate surface area is 210 Å². The zero-order valence-electron chi connectivity index (χ0n) is 21.2. The van der Waals surface area contributed by atoms with E-state index in [-0.39, 0.29) is 36.1 Å². The largest absolute Gasteiger partial charge is 0.497 e. The number of hydrogen-bond acceptors (Lipinski definition) is 8. The number of Topliss-reactive ketones (excluding diaryl/α,β-unsaturated/α-hetero) is 1. The average molecular weight is 499 g/mol. The standard InChI is InChI=1S/C27H34N2O7/c1-14(30)9-23(31)36-22-10-15-13-29-8-7-18-17-6-5-16(33-2)11-20(17)28-25(18)21(29)12-19(15)24(26(22)34-3)27(32)35-4/h5-6,11,15,19,21-22,24,26,28H,7-10,12-13H2,1-4H3. The molecule has 2 aliphatic heterocycles. The molecule has 1 N–H and O–H groups in total. The summed E-state index contributed by atoms with van der Waals surface area (Å²) in [6, 6.07) is 6.28. The van der Waals surface area contributed by atoms with Crippen molar-refractivity contribution in [1.82, 2.24) is 9.88 Å². The summed E-state index contributed by atoms with van der Waals surface area (Å²) >= 11 is 0. The predicted octanol–water partition coefficient (Wildman–Crippen LogP) is 2.81. The second-order valence-corrected chi connectivity index (χ2v) is 10.2. The Morgan fingerprint density at radius 3 is 2.64 bits per heavy atom. The van der Waals surface area contributed by atoms with Crippen LogP contribution in [-0.4, -0.2) is 74.2 Å². The fraction of sp³-hybridized carbons (Fsp3) is 0.593. The van der Waals surface area contributed by atoms with E-state index in [0.717, 1.165) is 37.2 Å². The van der Waals surface area contributed by atoms with Gasteiger partial charge >= 0.3 is 11.9 Å². The molecule has 0 amide bonds. The maximum absolute atomic E-state index is 13.1. The van der Waals surface area contributed by atoms with Crippen molar-refractivity contribution in [3.63, 3.8) is 0 Å². The zero-order valence-corrected chi connectivity index (χ0v) is 21.2. The molecule has 36 heavy (non-hydrogen) atoms. The third-order valence-electron chi connectivity index (χ3n) is 8.28. The van der Waals surface area contributed by atoms with E-state index in [2.05, 4.69) is 16.0 Å². The molecule has 0 radical (unpaired) electrons. The molecule has 1 saturated heterocycles. The SMILES string of the molecule is COC(=O)C1C2CC3c4[nH]c5cc(OC)ccc5c4CCN3CC2CC(OC(=O)CC(C)=O)C1OC. The van der Waals surface area contributed by atoms with Crippen LogP contribution in [0.5, 0.6) is 5.75 Å². The van der Waals surface area contributed by atoms with E-state index in [4.69, 9.17) is 18.9 Å². The highest BCUT2D eigenvalue weighted by Gasteiger charge is 2.54. The summed E-state index contributed by atoms with van der Waals surface area (Å²) in [4.78, 5) is 43.0. The highest BCUT2D eigenvalue weighted by molar-refractivity contribution is 5.94. The number of H-pyrrole nitrogens is 1. The first-order chi connectivity index (χ1) is 17.3. The fourth-order valence-corrected chi connectivity index (χ4v) is 6.77. The van der Waals surface area contributed by atoms with Gasteiger partial charge in [0.15, 0.2) is 0 Å². The minimum Gasteiger partial charge on any atom is -0.497 e. The monoisotopic (exact) mass is 498 g/mol. The molecule has 2 aromatic rings. The van der Waals surface area contributed by atoms with Crippen molar-refractivity contribution < 1.29 is 33.3 Å². The Morgan fingerprint density at radius 2 is 1.94 bits per heavy atom. The van der Waals surface area contributed by atoms with Gasteiger partial charge in [-0.2, -0.15) is 0 Å². The van der Waals surface area contributed by atoms with Crippen LogP contribution in [0, 0.1) is 17.8 Å². The first-order valence-electron chi connectivity index (χ1n) is 12.6. The smallest absolute Gasteiger partial charge is 0.313 e. The molecule has 9 heteroatoms. The lowest BCUT2D eigenvalue weighted by molar-refractivity contribution is -0.189. The number of fused-ring (bicyclic) bond motifs is 6. The van der Waals surface area contributed by atoms with Crippen LogP contribution in [0.1, 0.15) is 43.5 Å². The number of ketones is 1. The van der Waals surface area contributed by atoms with E-state index in [1.807, 2.05) is 12.1 Å². The lowest BCUT2D eigenvalue weighted by Crippen LogP contribution is -2.58. The van der Waals surface area contributed by atoms with Crippen molar-refractivity contribution in [2.45, 2.75) is 50.9 Å². The van der Waals surface area contributed by atoms with Crippen molar-refractivity contribution >= 4 is 28.6 Å². The summed E-state index contributed by atoms with van der Waals surface area (Å²) in [5.41, 5.74) is 3.59. The van der Waals surface area contributed by atoms with Crippen LogP contribution in [-0.2, 0) is 35.0 Å². The third-order valence-corrected chi connectivity index (χ3v) is 8.28. The van der Waals surface area contributed by atoms with Crippen LogP contribution in [0.25, 0.3) is 10.9 Å². The molecule has 9 nitrogen and oxygen atoms in total. The number of carbonyl (C=O) groups excluding carboxylic acids is 3. The summed E-state index contributed by atoms with van der Waals surface area (Å²) in [5.74, 6) is -0.792. The number of benzene rings is 1. The Hall–Kier alpha value is -2.91. The Morgan fingerprint density at radius 1 is 1.14 bits per heavy atom. The number of ether oxygens (including phenoxy) is 4. The van der Waals surface area contributed by atoms with E-state index in [9.17, 15) is 14.4 Å². The molecule has 6 atom stereocenters. The number of aromatic nitrogens is 1. The van der Waals surface area contributed by atoms with E-state index < -0.39 is 24.1 Å². The quantitative estimate of drug-likeness (QED) is 0.479. The van der Waals surface area contributed by atoms with Crippen LogP contribution in [0.2, 0.25) is 0 Å². The Bertz CT molecular complexity index is 1170. The summed E-state index contributed by atoms with van der Waals surface area (Å²) < 4.78 is 22.1. The van der Waals surface area contributed by atoms with Crippen LogP contribution in [0.4, 0.5) is 0 Å². The highest BCUT2D eigenvalue weighted by atomic mass is 16.6. The van der Waals surface area contributed by atoms with Crippen molar-refractivity contribution in [2.75, 3.05) is 34.4 Å². The first kappa shape index (κ1) is 24.8. The molecule has 3 aliphatic rings. The van der Waals surface area contributed by atoms with Gasteiger partial charge in [-0.25, -0.2) is 0 Å². The molecule has 2 fully saturated rings. The molecular formula is C27H34N2O7. The molecular weight excluding hydrogens is 464 g/mol. The average Bonchev–Trinajstić information content (AvgIpc) is 3.24. The topological polar surface area (TPSA) is 107 Å². The molecule has 6 unspecified atom stereocenters. The normalized spacial score (nSPS) is 29.6. The van der Waals surface area contributed by atoms with Crippen molar-refractivity contribution in [3.8, 4) is 5.75 Å². The second-order valence-electron chi connectivity index (χ2n) is 10.2. The minimum absolute atomic E-state index is 0.0123. The number of esters is 2. The molecule has 1 aromatic heterocycles. The van der Waals surface area contributed by atoms with Gasteiger partial charge in [0, 0.05) is 42.9 Å². The number of carbonyl (C=O) groups is 3. The zero-order chi connectivity index (χ0) is 25.6. The molecule has 3 heterocycles. The van der Waals surface area contributed by atoms with Crippen molar-refractivity contribution in [3.05, 3.63) is 29.5 Å². The van der Waals surface area contributed by atoms with E-state index >= 15 is 0 Å². The van der Waals surface area contributed by atoms with Gasteiger partial charge in [0.2, 0.25) is 0 Å². The number of nitrogens with zero attached hydrogens (tertiary/aromatic N) is 1. The molecule has 194 valence electrons. The van der Waals surface area contributed by atoms with Crippen LogP contribution in [0.3, 0.4) is 0 Å². The maximum atomic E-state index is 13.1. The number of aromatic amines is 1. The van der Waals surface area contributed by atoms with Gasteiger partial charge in [-0.3, -0.25) is 19.3 Å². The molecule has 0 bridgehead atoms. The molecule has 1 saturated carbocycles. The van der Waals surface area contributed by atoms with Gasteiger partial charge in [0.25, 0.3) is 0 Å². The van der Waals surface area contributed by atoms with E-state index in [0.29, 0.717) is 6.42 Å². The molecule has 1 aliphatic carbocycles. The van der Waals surface area contributed by atoms with Crippen molar-refractivity contribution in [2.24, 2.45) is 17.8 Å². The predicted molar refractivity (Wildman–Crippen MR) is 131 cm³/mol. The van der Waals surface area contributed by atoms with Gasteiger partial charge in [-0.1, -0.05) is 0 Å². The fourth-order valence-electron chi connectivity index (χ4n) is 6.77. The van der Waals surface area contributed by atoms with E-state index in [1.54, 1.807) is 7.11 Å². The number of rotatable bonds is 6. The number of hydrogen-bond donors (Lipinski definition) is 1. The number of nitrogens with one attached hydrogen (secondary N) is 1. The van der Waals surface area contributed by atoms with Crippen molar-refractivity contribution in [1.29, 1.82) is 0 Å². The van der Waals surface area contributed by atoms with E-state index in [1.165, 1.54) is 37.8 Å². The second kappa shape index (κ2) is 9.86. The summed E-state index contributed by atoms with van der Waals surface area (Å²) in [7, 11) is 4.58. The van der Waals surface area contributed by atoms with Crippen LogP contribution < -0.4 is 4.74 Å². The third kappa shape index (κ3) is 4.28.